The molecule has 2 aromatic carbocycles. The van der Waals surface area contributed by atoms with E-state index in [0.29, 0.717) is 56.3 Å². The Balaban J connectivity index is 1.29. The van der Waals surface area contributed by atoms with Crippen molar-refractivity contribution in [3.05, 3.63) is 70.0 Å². The van der Waals surface area contributed by atoms with Crippen molar-refractivity contribution in [2.24, 2.45) is 0 Å². The van der Waals surface area contributed by atoms with Gasteiger partial charge >= 0.3 is 6.18 Å². The molecule has 2 heterocycles. The van der Waals surface area contributed by atoms with E-state index in [-0.39, 0.29) is 5.91 Å². The molecule has 0 spiro atoms. The van der Waals surface area contributed by atoms with Crippen LogP contribution in [0.3, 0.4) is 0 Å². The molecule has 10 heteroatoms. The quantitative estimate of drug-likeness (QED) is 0.512. The zero-order valence-electron chi connectivity index (χ0n) is 18.8. The predicted octanol–water partition coefficient (Wildman–Crippen LogP) is 4.67. The van der Waals surface area contributed by atoms with Gasteiger partial charge in [-0.1, -0.05) is 35.9 Å². The Bertz CT molecular complexity index is 1190. The molecule has 0 unspecified atom stereocenters. The van der Waals surface area contributed by atoms with Crippen molar-refractivity contribution in [1.82, 2.24) is 24.6 Å². The second-order valence-corrected chi connectivity index (χ2v) is 8.86. The molecular weight excluding hydrogens is 463 g/mol. The van der Waals surface area contributed by atoms with E-state index < -0.39 is 11.7 Å². The van der Waals surface area contributed by atoms with Crippen LogP contribution in [0.4, 0.5) is 13.2 Å². The van der Waals surface area contributed by atoms with E-state index >= 15 is 0 Å². The molecule has 4 rings (SSSR count). The number of aromatic amines is 1. The fourth-order valence-electron chi connectivity index (χ4n) is 4.11. The minimum Gasteiger partial charge on any atom is -0.340 e. The highest BCUT2D eigenvalue weighted by Gasteiger charge is 2.30. The standard InChI is InChI=1S/C24H26F3N5OS/c1-17-3-2-4-19(15-17)22-28-29-23(34)32(22)10-9-21(33)31-13-11-30(12-14-31)16-18-5-7-20(8-6-18)24(25,26)27/h2-8,15H,9-14,16H2,1H3,(H,29,34). The van der Waals surface area contributed by atoms with Crippen LogP contribution >= 0.6 is 12.2 Å². The Morgan fingerprint density at radius 1 is 1.09 bits per heavy atom. The molecular formula is C24H26F3N5OS. The normalized spacial score (nSPS) is 15.0. The SMILES string of the molecule is Cc1cccc(-c2n[nH]c(=S)n2CCC(=O)N2CCN(Cc3ccc(C(F)(F)F)cc3)CC2)c1. The van der Waals surface area contributed by atoms with Gasteiger partial charge in [-0.05, 0) is 42.9 Å². The third kappa shape index (κ3) is 5.74. The Labute approximate surface area is 201 Å². The summed E-state index contributed by atoms with van der Waals surface area (Å²) in [6.45, 7) is 5.52. The first-order chi connectivity index (χ1) is 16.2. The molecule has 0 bridgehead atoms. The van der Waals surface area contributed by atoms with Gasteiger partial charge in [0.25, 0.3) is 0 Å². The summed E-state index contributed by atoms with van der Waals surface area (Å²) < 4.78 is 40.5. The molecule has 0 saturated carbocycles. The molecule has 1 aromatic heterocycles. The molecule has 0 atom stereocenters. The van der Waals surface area contributed by atoms with Crippen molar-refractivity contribution in [3.8, 4) is 11.4 Å². The van der Waals surface area contributed by atoms with Gasteiger partial charge in [0.2, 0.25) is 5.91 Å². The smallest absolute Gasteiger partial charge is 0.340 e. The molecule has 0 aliphatic carbocycles. The number of hydrogen-bond donors (Lipinski definition) is 1. The van der Waals surface area contributed by atoms with E-state index in [1.165, 1.54) is 12.1 Å². The van der Waals surface area contributed by atoms with Gasteiger partial charge < -0.3 is 4.90 Å². The lowest BCUT2D eigenvalue weighted by atomic mass is 10.1. The number of rotatable bonds is 6. The predicted molar refractivity (Wildman–Crippen MR) is 126 cm³/mol. The molecule has 3 aromatic rings. The fraction of sp³-hybridized carbons (Fsp3) is 0.375. The molecule has 180 valence electrons. The lowest BCUT2D eigenvalue weighted by Gasteiger charge is -2.35. The molecule has 1 saturated heterocycles. The van der Waals surface area contributed by atoms with Crippen LogP contribution in [0.1, 0.15) is 23.1 Å². The number of benzene rings is 2. The lowest BCUT2D eigenvalue weighted by molar-refractivity contribution is -0.137. The van der Waals surface area contributed by atoms with E-state index in [1.54, 1.807) is 0 Å². The molecule has 34 heavy (non-hydrogen) atoms. The summed E-state index contributed by atoms with van der Waals surface area (Å²) in [4.78, 5) is 16.8. The van der Waals surface area contributed by atoms with E-state index in [1.807, 2.05) is 40.7 Å². The first kappa shape index (κ1) is 24.2. The molecule has 1 N–H and O–H groups in total. The van der Waals surface area contributed by atoms with Crippen molar-refractivity contribution < 1.29 is 18.0 Å². The number of aryl methyl sites for hydroxylation is 1. The van der Waals surface area contributed by atoms with Crippen LogP contribution in [-0.2, 0) is 24.1 Å². The maximum Gasteiger partial charge on any atom is 0.416 e. The van der Waals surface area contributed by atoms with Gasteiger partial charge in [-0.25, -0.2) is 0 Å². The number of hydrogen-bond acceptors (Lipinski definition) is 4. The van der Waals surface area contributed by atoms with Crippen LogP contribution in [0.25, 0.3) is 11.4 Å². The molecule has 1 aliphatic heterocycles. The highest BCUT2D eigenvalue weighted by atomic mass is 32.1. The van der Waals surface area contributed by atoms with Gasteiger partial charge in [0.1, 0.15) is 0 Å². The second-order valence-electron chi connectivity index (χ2n) is 8.48. The Kier molecular flexibility index (Phi) is 7.18. The zero-order valence-corrected chi connectivity index (χ0v) is 19.6. The summed E-state index contributed by atoms with van der Waals surface area (Å²) in [5, 5.41) is 7.16. The van der Waals surface area contributed by atoms with E-state index in [0.717, 1.165) is 28.8 Å². The summed E-state index contributed by atoms with van der Waals surface area (Å²) in [6.07, 6.45) is -4.02. The topological polar surface area (TPSA) is 57.2 Å². The van der Waals surface area contributed by atoms with Gasteiger partial charge in [0.15, 0.2) is 10.6 Å². The molecule has 0 radical (unpaired) electrons. The largest absolute Gasteiger partial charge is 0.416 e. The minimum absolute atomic E-state index is 0.0486. The Hall–Kier alpha value is -2.98. The fourth-order valence-corrected chi connectivity index (χ4v) is 4.33. The molecule has 6 nitrogen and oxygen atoms in total. The first-order valence-corrected chi connectivity index (χ1v) is 11.5. The number of aromatic nitrogens is 3. The monoisotopic (exact) mass is 489 g/mol. The maximum absolute atomic E-state index is 12.8. The van der Waals surface area contributed by atoms with Crippen LogP contribution in [0.2, 0.25) is 0 Å². The number of alkyl halides is 3. The third-order valence-electron chi connectivity index (χ3n) is 6.00. The molecule has 1 amide bonds. The van der Waals surface area contributed by atoms with Crippen LogP contribution in [0, 0.1) is 11.7 Å². The van der Waals surface area contributed by atoms with Crippen molar-refractivity contribution >= 4 is 18.1 Å². The number of piperazine rings is 1. The summed E-state index contributed by atoms with van der Waals surface area (Å²) >= 11 is 5.37. The second kappa shape index (κ2) is 10.1. The van der Waals surface area contributed by atoms with Crippen LogP contribution in [-0.4, -0.2) is 56.7 Å². The van der Waals surface area contributed by atoms with Crippen molar-refractivity contribution in [2.75, 3.05) is 26.2 Å². The Morgan fingerprint density at radius 2 is 1.79 bits per heavy atom. The van der Waals surface area contributed by atoms with Crippen LogP contribution in [0.5, 0.6) is 0 Å². The minimum atomic E-state index is -4.33. The lowest BCUT2D eigenvalue weighted by Crippen LogP contribution is -2.48. The Morgan fingerprint density at radius 3 is 2.44 bits per heavy atom. The van der Waals surface area contributed by atoms with Crippen molar-refractivity contribution in [1.29, 1.82) is 0 Å². The highest BCUT2D eigenvalue weighted by molar-refractivity contribution is 7.71. The molecule has 1 fully saturated rings. The number of H-pyrrole nitrogens is 1. The van der Waals surface area contributed by atoms with E-state index in [9.17, 15) is 18.0 Å². The number of amides is 1. The average Bonchev–Trinajstić information content (AvgIpc) is 3.18. The average molecular weight is 490 g/mol. The van der Waals surface area contributed by atoms with Gasteiger partial charge in [0.05, 0.1) is 5.56 Å². The number of nitrogens with one attached hydrogen (secondary N) is 1. The van der Waals surface area contributed by atoms with E-state index in [4.69, 9.17) is 12.2 Å². The zero-order chi connectivity index (χ0) is 24.3. The van der Waals surface area contributed by atoms with Crippen LogP contribution in [0.15, 0.2) is 48.5 Å². The van der Waals surface area contributed by atoms with Gasteiger partial charge in [-0.2, -0.15) is 18.3 Å². The summed E-state index contributed by atoms with van der Waals surface area (Å²) in [7, 11) is 0. The van der Waals surface area contributed by atoms with Gasteiger partial charge in [0, 0.05) is 51.3 Å². The van der Waals surface area contributed by atoms with Crippen LogP contribution < -0.4 is 0 Å². The van der Waals surface area contributed by atoms with Crippen molar-refractivity contribution in [2.45, 2.75) is 32.6 Å². The number of halogens is 3. The van der Waals surface area contributed by atoms with Crippen molar-refractivity contribution in [3.63, 3.8) is 0 Å². The summed E-state index contributed by atoms with van der Waals surface area (Å²) in [5.74, 6) is 0.760. The van der Waals surface area contributed by atoms with E-state index in [2.05, 4.69) is 15.1 Å². The highest BCUT2D eigenvalue weighted by Crippen LogP contribution is 2.29. The number of carbonyl (C=O) groups is 1. The maximum atomic E-state index is 12.8. The summed E-state index contributed by atoms with van der Waals surface area (Å²) in [6, 6.07) is 13.2. The third-order valence-corrected chi connectivity index (χ3v) is 6.31. The number of carbonyl (C=O) groups excluding carboxylic acids is 1. The number of nitrogens with zero attached hydrogens (tertiary/aromatic N) is 4. The molecule has 1 aliphatic rings. The first-order valence-electron chi connectivity index (χ1n) is 11.1. The van der Waals surface area contributed by atoms with Gasteiger partial charge in [-0.3, -0.25) is 19.4 Å². The van der Waals surface area contributed by atoms with Gasteiger partial charge in [-0.15, -0.1) is 0 Å². The summed E-state index contributed by atoms with van der Waals surface area (Å²) in [5.41, 5.74) is 2.24.